The zero-order valence-corrected chi connectivity index (χ0v) is 6.55. The van der Waals surface area contributed by atoms with Gasteiger partial charge in [0.2, 0.25) is 5.95 Å². The molecule has 2 N–H and O–H groups in total. The fourth-order valence-corrected chi connectivity index (χ4v) is 0.821. The van der Waals surface area contributed by atoms with Crippen molar-refractivity contribution in [3.8, 4) is 6.07 Å². The average Bonchev–Trinajstić information content (AvgIpc) is 2.15. The van der Waals surface area contributed by atoms with Gasteiger partial charge in [0.25, 0.3) is 0 Å². The maximum absolute atomic E-state index is 12.5. The van der Waals surface area contributed by atoms with Gasteiger partial charge in [0.05, 0.1) is 11.8 Å². The molecule has 0 bridgehead atoms. The lowest BCUT2D eigenvalue weighted by Crippen LogP contribution is -2.17. The molecule has 1 heterocycles. The summed E-state index contributed by atoms with van der Waals surface area (Å²) in [6.07, 6.45) is -3.06. The predicted molar refractivity (Wildman–Crippen MR) is 40.8 cm³/mol. The quantitative estimate of drug-likeness (QED) is 0.503. The Labute approximate surface area is 73.9 Å². The Hall–Kier alpha value is -1.51. The molecule has 0 saturated heterocycles. The molecule has 0 aliphatic heterocycles. The minimum absolute atomic E-state index is 0.0611. The van der Waals surface area contributed by atoms with Gasteiger partial charge in [-0.05, 0) is 12.1 Å². The minimum atomic E-state index is -1.59. The van der Waals surface area contributed by atoms with E-state index in [2.05, 4.69) is 4.98 Å². The number of pyridine rings is 1. The molecule has 0 fully saturated rings. The van der Waals surface area contributed by atoms with E-state index in [1.165, 1.54) is 18.2 Å². The van der Waals surface area contributed by atoms with Crippen molar-refractivity contribution in [3.63, 3.8) is 0 Å². The molecule has 1 aromatic rings. The van der Waals surface area contributed by atoms with Crippen molar-refractivity contribution in [3.05, 3.63) is 29.8 Å². The Balaban J connectivity index is 2.90. The van der Waals surface area contributed by atoms with E-state index >= 15 is 0 Å². The Morgan fingerprint density at radius 1 is 1.46 bits per heavy atom. The molecule has 1 aromatic heterocycles. The summed E-state index contributed by atoms with van der Waals surface area (Å²) in [6, 6.07) is 5.20. The molecule has 0 aromatic carbocycles. The normalized spacial score (nSPS) is 14.6. The van der Waals surface area contributed by atoms with Gasteiger partial charge in [-0.3, -0.25) is 0 Å². The second kappa shape index (κ2) is 3.94. The van der Waals surface area contributed by atoms with Crippen LogP contribution in [0.5, 0.6) is 0 Å². The van der Waals surface area contributed by atoms with Gasteiger partial charge in [0, 0.05) is 0 Å². The third-order valence-corrected chi connectivity index (χ3v) is 1.47. The molecule has 0 saturated carbocycles. The smallest absolute Gasteiger partial charge is 0.213 e. The van der Waals surface area contributed by atoms with Crippen molar-refractivity contribution in [1.82, 2.24) is 4.98 Å². The number of nitriles is 1. The Kier molecular flexibility index (Phi) is 2.90. The molecule has 4 nitrogen and oxygen atoms in total. The summed E-state index contributed by atoms with van der Waals surface area (Å²) in [5, 5.41) is 26.4. The average molecular weight is 182 g/mol. The van der Waals surface area contributed by atoms with Crippen molar-refractivity contribution in [2.45, 2.75) is 12.2 Å². The highest BCUT2D eigenvalue weighted by Crippen LogP contribution is 2.13. The second-order valence-corrected chi connectivity index (χ2v) is 2.40. The maximum Gasteiger partial charge on any atom is 0.213 e. The zero-order valence-electron chi connectivity index (χ0n) is 6.55. The fraction of sp³-hybridized carbons (Fsp3) is 0.250. The van der Waals surface area contributed by atoms with Crippen molar-refractivity contribution in [1.29, 1.82) is 5.26 Å². The van der Waals surface area contributed by atoms with Gasteiger partial charge < -0.3 is 10.2 Å². The molecule has 0 spiro atoms. The Morgan fingerprint density at radius 3 is 2.69 bits per heavy atom. The Morgan fingerprint density at radius 2 is 2.15 bits per heavy atom. The summed E-state index contributed by atoms with van der Waals surface area (Å²) in [7, 11) is 0. The van der Waals surface area contributed by atoms with Gasteiger partial charge in [-0.1, -0.05) is 6.07 Å². The molecular weight excluding hydrogens is 175 g/mol. The van der Waals surface area contributed by atoms with Crippen LogP contribution in [0, 0.1) is 17.3 Å². The van der Waals surface area contributed by atoms with Crippen molar-refractivity contribution < 1.29 is 14.6 Å². The number of aromatic nitrogens is 1. The lowest BCUT2D eigenvalue weighted by molar-refractivity contribution is 0.0493. The summed E-state index contributed by atoms with van der Waals surface area (Å²) in [4.78, 5) is 3.31. The number of halogens is 1. The first kappa shape index (κ1) is 9.58. The van der Waals surface area contributed by atoms with Gasteiger partial charge in [0.1, 0.15) is 6.10 Å². The van der Waals surface area contributed by atoms with Gasteiger partial charge in [-0.15, -0.1) is 0 Å². The Bertz CT molecular complexity index is 337. The van der Waals surface area contributed by atoms with E-state index in [0.29, 0.717) is 0 Å². The summed E-state index contributed by atoms with van der Waals surface area (Å²) in [6.45, 7) is 0. The number of hydrogen-bond donors (Lipinski definition) is 2. The lowest BCUT2D eigenvalue weighted by Gasteiger charge is -2.09. The van der Waals surface area contributed by atoms with Crippen LogP contribution in [-0.4, -0.2) is 21.3 Å². The zero-order chi connectivity index (χ0) is 9.84. The molecule has 0 aliphatic carbocycles. The van der Waals surface area contributed by atoms with Gasteiger partial charge in [-0.2, -0.15) is 9.65 Å². The topological polar surface area (TPSA) is 77.1 Å². The molecule has 5 heteroatoms. The predicted octanol–water partition coefficient (Wildman–Crippen LogP) is 0.139. The van der Waals surface area contributed by atoms with E-state index in [1.54, 1.807) is 0 Å². The number of hydrogen-bond acceptors (Lipinski definition) is 4. The number of rotatable bonds is 2. The number of aliphatic hydroxyl groups excluding tert-OH is 2. The summed E-state index contributed by atoms with van der Waals surface area (Å²) in [5.74, 6) is -0.762. The monoisotopic (exact) mass is 182 g/mol. The minimum Gasteiger partial charge on any atom is -0.383 e. The van der Waals surface area contributed by atoms with Crippen LogP contribution in [0.15, 0.2) is 18.2 Å². The molecule has 0 amide bonds. The van der Waals surface area contributed by atoms with Gasteiger partial charge in [-0.25, -0.2) is 4.98 Å². The fourth-order valence-electron chi connectivity index (χ4n) is 0.821. The van der Waals surface area contributed by atoms with E-state index in [4.69, 9.17) is 10.4 Å². The molecule has 2 atom stereocenters. The summed E-state index contributed by atoms with van der Waals surface area (Å²) in [5.41, 5.74) is -0.0611. The molecular formula is C8H7FN2O2. The SMILES string of the molecule is N#CC(O)C(O)c1cccc(F)n1. The first-order chi connectivity index (χ1) is 6.15. The largest absolute Gasteiger partial charge is 0.383 e. The molecule has 13 heavy (non-hydrogen) atoms. The van der Waals surface area contributed by atoms with Crippen LogP contribution in [0.4, 0.5) is 4.39 Å². The van der Waals surface area contributed by atoms with E-state index in [1.807, 2.05) is 0 Å². The highest BCUT2D eigenvalue weighted by molar-refractivity contribution is 5.11. The molecule has 0 radical (unpaired) electrons. The van der Waals surface area contributed by atoms with Crippen LogP contribution in [0.25, 0.3) is 0 Å². The van der Waals surface area contributed by atoms with Crippen LogP contribution in [-0.2, 0) is 0 Å². The van der Waals surface area contributed by atoms with Crippen molar-refractivity contribution in [2.75, 3.05) is 0 Å². The first-order valence-corrected chi connectivity index (χ1v) is 3.53. The number of aliphatic hydroxyl groups is 2. The third kappa shape index (κ3) is 2.21. The van der Waals surface area contributed by atoms with E-state index < -0.39 is 18.2 Å². The van der Waals surface area contributed by atoms with Gasteiger partial charge >= 0.3 is 0 Å². The second-order valence-electron chi connectivity index (χ2n) is 2.40. The first-order valence-electron chi connectivity index (χ1n) is 3.53. The van der Waals surface area contributed by atoms with E-state index in [9.17, 15) is 9.50 Å². The van der Waals surface area contributed by atoms with E-state index in [-0.39, 0.29) is 5.69 Å². The standard InChI is InChI=1S/C8H7FN2O2/c9-7-3-1-2-5(11-7)8(13)6(12)4-10/h1-3,6,8,12-13H. The number of nitrogens with zero attached hydrogens (tertiary/aromatic N) is 2. The molecule has 2 unspecified atom stereocenters. The molecule has 0 aliphatic rings. The lowest BCUT2D eigenvalue weighted by atomic mass is 10.1. The molecule has 1 rings (SSSR count). The maximum atomic E-state index is 12.5. The molecule has 68 valence electrons. The highest BCUT2D eigenvalue weighted by atomic mass is 19.1. The van der Waals surface area contributed by atoms with E-state index in [0.717, 1.165) is 6.07 Å². The van der Waals surface area contributed by atoms with Crippen LogP contribution in [0.2, 0.25) is 0 Å². The van der Waals surface area contributed by atoms with Crippen LogP contribution >= 0.6 is 0 Å². The van der Waals surface area contributed by atoms with Crippen LogP contribution in [0.3, 0.4) is 0 Å². The third-order valence-electron chi connectivity index (χ3n) is 1.47. The van der Waals surface area contributed by atoms with Crippen LogP contribution in [0.1, 0.15) is 11.8 Å². The summed E-state index contributed by atoms with van der Waals surface area (Å²) >= 11 is 0. The van der Waals surface area contributed by atoms with Crippen molar-refractivity contribution in [2.24, 2.45) is 0 Å². The van der Waals surface area contributed by atoms with Crippen molar-refractivity contribution >= 4 is 0 Å². The van der Waals surface area contributed by atoms with Gasteiger partial charge in [0.15, 0.2) is 6.10 Å². The summed E-state index contributed by atoms with van der Waals surface area (Å²) < 4.78 is 12.5. The highest BCUT2D eigenvalue weighted by Gasteiger charge is 2.18. The van der Waals surface area contributed by atoms with Crippen LogP contribution < -0.4 is 0 Å².